The highest BCUT2D eigenvalue weighted by Gasteiger charge is 2.13. The van der Waals surface area contributed by atoms with Crippen LogP contribution in [-0.2, 0) is 0 Å². The van der Waals surface area contributed by atoms with Gasteiger partial charge in [-0.1, -0.05) is 6.07 Å². The molecule has 3 rings (SSSR count). The van der Waals surface area contributed by atoms with Gasteiger partial charge in [0, 0.05) is 29.9 Å². The van der Waals surface area contributed by atoms with E-state index in [0.717, 1.165) is 18.8 Å². The van der Waals surface area contributed by atoms with Crippen LogP contribution in [0.4, 0.5) is 5.69 Å². The van der Waals surface area contributed by atoms with Crippen molar-refractivity contribution in [1.82, 2.24) is 5.43 Å². The van der Waals surface area contributed by atoms with Crippen molar-refractivity contribution in [3.8, 4) is 11.5 Å². The monoisotopic (exact) mass is 339 g/mol. The molecule has 1 aliphatic rings. The molecule has 0 atom stereocenters. The highest BCUT2D eigenvalue weighted by atomic mass is 16.5. The first kappa shape index (κ1) is 16.8. The molecule has 0 aliphatic carbocycles. The van der Waals surface area contributed by atoms with Crippen LogP contribution in [-0.4, -0.2) is 37.4 Å². The summed E-state index contributed by atoms with van der Waals surface area (Å²) in [4.78, 5) is 14.5. The second-order valence-electron chi connectivity index (χ2n) is 5.84. The van der Waals surface area contributed by atoms with Gasteiger partial charge in [-0.2, -0.15) is 5.10 Å². The predicted molar refractivity (Wildman–Crippen MR) is 97.6 cm³/mol. The van der Waals surface area contributed by atoms with Crippen LogP contribution in [0.5, 0.6) is 11.5 Å². The third-order valence-corrected chi connectivity index (χ3v) is 4.22. The van der Waals surface area contributed by atoms with Gasteiger partial charge in [0.05, 0.1) is 13.3 Å². The second kappa shape index (κ2) is 7.70. The molecule has 1 saturated heterocycles. The van der Waals surface area contributed by atoms with Crippen molar-refractivity contribution in [3.63, 3.8) is 0 Å². The number of phenols is 1. The van der Waals surface area contributed by atoms with Crippen LogP contribution in [0.25, 0.3) is 0 Å². The molecule has 6 heteroatoms. The van der Waals surface area contributed by atoms with Crippen LogP contribution in [0.2, 0.25) is 0 Å². The minimum absolute atomic E-state index is 0.0158. The Labute approximate surface area is 146 Å². The van der Waals surface area contributed by atoms with Gasteiger partial charge in [0.1, 0.15) is 0 Å². The third-order valence-electron chi connectivity index (χ3n) is 4.22. The Morgan fingerprint density at radius 1 is 1.20 bits per heavy atom. The lowest BCUT2D eigenvalue weighted by molar-refractivity contribution is 0.0955. The van der Waals surface area contributed by atoms with E-state index < -0.39 is 0 Å². The SMILES string of the molecule is COc1cccc(/C=N/NC(=O)c2ccc(N3CCCC3)cc2)c1O. The summed E-state index contributed by atoms with van der Waals surface area (Å²) in [6, 6.07) is 12.6. The summed E-state index contributed by atoms with van der Waals surface area (Å²) in [6.45, 7) is 2.14. The number of ether oxygens (including phenoxy) is 1. The molecule has 2 aromatic carbocycles. The van der Waals surface area contributed by atoms with E-state index in [9.17, 15) is 9.90 Å². The fourth-order valence-corrected chi connectivity index (χ4v) is 2.83. The average Bonchev–Trinajstić information content (AvgIpc) is 3.18. The molecule has 1 amide bonds. The highest BCUT2D eigenvalue weighted by Crippen LogP contribution is 2.27. The number of carbonyl (C=O) groups excluding carboxylic acids is 1. The molecule has 0 radical (unpaired) electrons. The Morgan fingerprint density at radius 2 is 1.92 bits per heavy atom. The maximum absolute atomic E-state index is 12.1. The average molecular weight is 339 g/mol. The van der Waals surface area contributed by atoms with E-state index in [1.807, 2.05) is 12.1 Å². The zero-order chi connectivity index (χ0) is 17.6. The van der Waals surface area contributed by atoms with Gasteiger partial charge in [-0.15, -0.1) is 0 Å². The molecule has 6 nitrogen and oxygen atoms in total. The van der Waals surface area contributed by atoms with Crippen molar-refractivity contribution >= 4 is 17.8 Å². The molecular weight excluding hydrogens is 318 g/mol. The second-order valence-corrected chi connectivity index (χ2v) is 5.84. The number of amides is 1. The van der Waals surface area contributed by atoms with Gasteiger partial charge in [0.15, 0.2) is 11.5 Å². The molecule has 0 spiro atoms. The molecular formula is C19H21N3O3. The van der Waals surface area contributed by atoms with Crippen molar-refractivity contribution in [1.29, 1.82) is 0 Å². The lowest BCUT2D eigenvalue weighted by Crippen LogP contribution is -2.19. The predicted octanol–water partition coefficient (Wildman–Crippen LogP) is 2.76. The summed E-state index contributed by atoms with van der Waals surface area (Å²) in [6.07, 6.45) is 3.82. The minimum atomic E-state index is -0.299. The van der Waals surface area contributed by atoms with E-state index in [1.165, 1.54) is 26.2 Å². The largest absolute Gasteiger partial charge is 0.504 e. The first-order valence-corrected chi connectivity index (χ1v) is 8.23. The number of nitrogens with one attached hydrogen (secondary N) is 1. The number of benzene rings is 2. The topological polar surface area (TPSA) is 74.2 Å². The maximum Gasteiger partial charge on any atom is 0.271 e. The quantitative estimate of drug-likeness (QED) is 0.649. The maximum atomic E-state index is 12.1. The Balaban J connectivity index is 1.62. The van der Waals surface area contributed by atoms with Gasteiger partial charge >= 0.3 is 0 Å². The van der Waals surface area contributed by atoms with E-state index in [2.05, 4.69) is 15.4 Å². The van der Waals surface area contributed by atoms with Gasteiger partial charge in [0.2, 0.25) is 0 Å². The first-order valence-electron chi connectivity index (χ1n) is 8.23. The summed E-state index contributed by atoms with van der Waals surface area (Å²) in [5.41, 5.74) is 4.60. The van der Waals surface area contributed by atoms with Crippen LogP contribution in [0.3, 0.4) is 0 Å². The van der Waals surface area contributed by atoms with Crippen LogP contribution in [0.15, 0.2) is 47.6 Å². The number of rotatable bonds is 5. The molecule has 0 aromatic heterocycles. The molecule has 1 heterocycles. The molecule has 2 aromatic rings. The summed E-state index contributed by atoms with van der Waals surface area (Å²) in [5.74, 6) is 0.0392. The first-order chi connectivity index (χ1) is 12.2. The molecule has 130 valence electrons. The van der Waals surface area contributed by atoms with E-state index in [4.69, 9.17) is 4.74 Å². The van der Waals surface area contributed by atoms with Gasteiger partial charge in [-0.05, 0) is 49.2 Å². The van der Waals surface area contributed by atoms with E-state index >= 15 is 0 Å². The number of hydrogen-bond acceptors (Lipinski definition) is 5. The number of para-hydroxylation sites is 1. The molecule has 1 aliphatic heterocycles. The number of methoxy groups -OCH3 is 1. The number of anilines is 1. The van der Waals surface area contributed by atoms with Gasteiger partial charge < -0.3 is 14.7 Å². The molecule has 0 saturated carbocycles. The van der Waals surface area contributed by atoms with E-state index in [-0.39, 0.29) is 11.7 Å². The smallest absolute Gasteiger partial charge is 0.271 e. The van der Waals surface area contributed by atoms with Crippen LogP contribution in [0, 0.1) is 0 Å². The minimum Gasteiger partial charge on any atom is -0.504 e. The Hall–Kier alpha value is -3.02. The Bertz CT molecular complexity index is 766. The molecule has 25 heavy (non-hydrogen) atoms. The van der Waals surface area contributed by atoms with Crippen LogP contribution < -0.4 is 15.1 Å². The van der Waals surface area contributed by atoms with Crippen LogP contribution in [0.1, 0.15) is 28.8 Å². The van der Waals surface area contributed by atoms with E-state index in [0.29, 0.717) is 16.9 Å². The summed E-state index contributed by atoms with van der Waals surface area (Å²) in [7, 11) is 1.48. The zero-order valence-electron chi connectivity index (χ0n) is 14.1. The number of aromatic hydroxyl groups is 1. The zero-order valence-corrected chi connectivity index (χ0v) is 14.1. The molecule has 0 bridgehead atoms. The highest BCUT2D eigenvalue weighted by molar-refractivity contribution is 5.95. The number of carbonyl (C=O) groups is 1. The lowest BCUT2D eigenvalue weighted by atomic mass is 10.2. The third kappa shape index (κ3) is 3.91. The normalized spacial score (nSPS) is 14.0. The number of nitrogens with zero attached hydrogens (tertiary/aromatic N) is 2. The summed E-state index contributed by atoms with van der Waals surface area (Å²) in [5, 5.41) is 13.9. The van der Waals surface area contributed by atoms with Gasteiger partial charge in [0.25, 0.3) is 5.91 Å². The summed E-state index contributed by atoms with van der Waals surface area (Å²) < 4.78 is 5.03. The fourth-order valence-electron chi connectivity index (χ4n) is 2.83. The summed E-state index contributed by atoms with van der Waals surface area (Å²) >= 11 is 0. The number of hydrogen-bond donors (Lipinski definition) is 2. The number of phenolic OH excluding ortho intramolecular Hbond substituents is 1. The van der Waals surface area contributed by atoms with Crippen molar-refractivity contribution in [3.05, 3.63) is 53.6 Å². The van der Waals surface area contributed by atoms with Gasteiger partial charge in [-0.25, -0.2) is 5.43 Å². The molecule has 0 unspecified atom stereocenters. The van der Waals surface area contributed by atoms with Gasteiger partial charge in [-0.3, -0.25) is 4.79 Å². The van der Waals surface area contributed by atoms with Crippen molar-refractivity contribution < 1.29 is 14.6 Å². The number of hydrazone groups is 1. The molecule has 2 N–H and O–H groups in total. The Kier molecular flexibility index (Phi) is 5.18. The van der Waals surface area contributed by atoms with Crippen molar-refractivity contribution in [2.75, 3.05) is 25.1 Å². The van der Waals surface area contributed by atoms with E-state index in [1.54, 1.807) is 30.3 Å². The van der Waals surface area contributed by atoms with Crippen molar-refractivity contribution in [2.24, 2.45) is 5.10 Å². The van der Waals surface area contributed by atoms with Crippen LogP contribution >= 0.6 is 0 Å². The van der Waals surface area contributed by atoms with Crippen molar-refractivity contribution in [2.45, 2.75) is 12.8 Å². The molecule has 1 fully saturated rings. The lowest BCUT2D eigenvalue weighted by Gasteiger charge is -2.17. The Morgan fingerprint density at radius 3 is 2.60 bits per heavy atom. The standard InChI is InChI=1S/C19H21N3O3/c1-25-17-6-4-5-15(18(17)23)13-20-21-19(24)14-7-9-16(10-8-14)22-11-2-3-12-22/h4-10,13,23H,2-3,11-12H2,1H3,(H,21,24)/b20-13+. The fraction of sp³-hybridized carbons (Fsp3) is 0.263.